The Labute approximate surface area is 134 Å². The molecule has 0 fully saturated rings. The molecule has 1 heteroatoms. The summed E-state index contributed by atoms with van der Waals surface area (Å²) in [4.78, 5) is 0. The Bertz CT molecular complexity index is 588. The van der Waals surface area contributed by atoms with Crippen molar-refractivity contribution in [1.82, 2.24) is 0 Å². The van der Waals surface area contributed by atoms with Gasteiger partial charge in [0.1, 0.15) is 11.9 Å². The van der Waals surface area contributed by atoms with E-state index in [0.29, 0.717) is 12.0 Å². The van der Waals surface area contributed by atoms with E-state index in [-0.39, 0.29) is 0 Å². The van der Waals surface area contributed by atoms with Crippen LogP contribution in [0.1, 0.15) is 56.2 Å². The summed E-state index contributed by atoms with van der Waals surface area (Å²) in [6.45, 7) is 8.99. The van der Waals surface area contributed by atoms with Gasteiger partial charge in [-0.25, -0.2) is 0 Å². The van der Waals surface area contributed by atoms with E-state index in [0.717, 1.165) is 17.6 Å². The van der Waals surface area contributed by atoms with Gasteiger partial charge in [-0.2, -0.15) is 0 Å². The Morgan fingerprint density at radius 1 is 0.773 bits per heavy atom. The first kappa shape index (κ1) is 15.1. The fourth-order valence-electron chi connectivity index (χ4n) is 3.51. The molecule has 0 N–H and O–H groups in total. The first-order valence-corrected chi connectivity index (χ1v) is 8.41. The molecular weight excluding hydrogens is 268 g/mol. The van der Waals surface area contributed by atoms with E-state index in [2.05, 4.69) is 64.1 Å². The number of benzene rings is 2. The van der Waals surface area contributed by atoms with Gasteiger partial charge in [0, 0.05) is 11.5 Å². The van der Waals surface area contributed by atoms with Crippen LogP contribution in [-0.4, -0.2) is 6.10 Å². The average Bonchev–Trinajstić information content (AvgIpc) is 2.98. The van der Waals surface area contributed by atoms with E-state index in [1.54, 1.807) is 11.1 Å². The molecule has 0 radical (unpaired) electrons. The van der Waals surface area contributed by atoms with Gasteiger partial charge in [-0.1, -0.05) is 63.2 Å². The van der Waals surface area contributed by atoms with Gasteiger partial charge >= 0.3 is 0 Å². The zero-order chi connectivity index (χ0) is 15.7. The first-order valence-electron chi connectivity index (χ1n) is 8.41. The largest absolute Gasteiger partial charge is 0.490 e. The van der Waals surface area contributed by atoms with E-state index in [1.807, 2.05) is 12.1 Å². The maximum Gasteiger partial charge on any atom is 0.123 e. The molecule has 116 valence electrons. The minimum Gasteiger partial charge on any atom is -0.490 e. The molecule has 1 aliphatic carbocycles. The summed E-state index contributed by atoms with van der Waals surface area (Å²) in [5, 5.41) is 0. The molecule has 0 saturated heterocycles. The predicted molar refractivity (Wildman–Crippen MR) is 92.7 cm³/mol. The minimum atomic E-state index is 0.340. The average molecular weight is 294 g/mol. The van der Waals surface area contributed by atoms with E-state index >= 15 is 0 Å². The lowest BCUT2D eigenvalue weighted by atomic mass is 9.97. The topological polar surface area (TPSA) is 9.23 Å². The van der Waals surface area contributed by atoms with Crippen molar-refractivity contribution < 1.29 is 4.74 Å². The summed E-state index contributed by atoms with van der Waals surface area (Å²) in [5.74, 6) is 3.22. The molecule has 1 nitrogen and oxygen atoms in total. The molecule has 4 rings (SSSR count). The summed E-state index contributed by atoms with van der Waals surface area (Å²) in [6, 6.07) is 17.1. The molecule has 4 unspecified atom stereocenters. The third kappa shape index (κ3) is 2.77. The van der Waals surface area contributed by atoms with Gasteiger partial charge < -0.3 is 4.74 Å². The van der Waals surface area contributed by atoms with Gasteiger partial charge in [0.25, 0.3) is 0 Å². The van der Waals surface area contributed by atoms with Crippen LogP contribution in [0.2, 0.25) is 0 Å². The lowest BCUT2D eigenvalue weighted by Crippen LogP contribution is -2.10. The second kappa shape index (κ2) is 6.16. The molecule has 2 aliphatic rings. The van der Waals surface area contributed by atoms with Crippen LogP contribution in [0, 0.1) is 5.92 Å². The lowest BCUT2D eigenvalue weighted by Gasteiger charge is -2.08. The summed E-state index contributed by atoms with van der Waals surface area (Å²) in [6.07, 6.45) is 1.62. The summed E-state index contributed by atoms with van der Waals surface area (Å²) in [5.41, 5.74) is 4.48. The molecule has 0 aromatic heterocycles. The zero-order valence-electron chi connectivity index (χ0n) is 14.0. The Kier molecular flexibility index (Phi) is 4.24. The minimum absolute atomic E-state index is 0.340. The third-order valence-corrected chi connectivity index (χ3v) is 5.37. The highest BCUT2D eigenvalue weighted by Crippen LogP contribution is 2.37. The summed E-state index contributed by atoms with van der Waals surface area (Å²) >= 11 is 0. The van der Waals surface area contributed by atoms with Crippen molar-refractivity contribution >= 4 is 0 Å². The molecule has 1 aliphatic heterocycles. The van der Waals surface area contributed by atoms with Crippen molar-refractivity contribution in [3.8, 4) is 5.75 Å². The molecule has 4 atom stereocenters. The Morgan fingerprint density at radius 3 is 2.09 bits per heavy atom. The highest BCUT2D eigenvalue weighted by atomic mass is 16.5. The third-order valence-electron chi connectivity index (χ3n) is 5.37. The van der Waals surface area contributed by atoms with E-state index in [9.17, 15) is 0 Å². The number of fused-ring (bicyclic) bond motifs is 2. The Balaban J connectivity index is 0.000000131. The standard InChI is InChI=1S/C11H14.C10H12O/c1-8-7-10-5-3-4-6-11(10)9(8)2;1-7-8(2)11-10-6-4-3-5-9(7)10/h3-6,8-9H,7H2,1-2H3;3-8H,1-2H3. The molecule has 0 amide bonds. The molecule has 1 heterocycles. The van der Waals surface area contributed by atoms with Crippen molar-refractivity contribution in [1.29, 1.82) is 0 Å². The van der Waals surface area contributed by atoms with Gasteiger partial charge in [0.2, 0.25) is 0 Å². The number of ether oxygens (including phenoxy) is 1. The smallest absolute Gasteiger partial charge is 0.123 e. The lowest BCUT2D eigenvalue weighted by molar-refractivity contribution is 0.232. The fourth-order valence-corrected chi connectivity index (χ4v) is 3.51. The predicted octanol–water partition coefficient (Wildman–Crippen LogP) is 5.55. The summed E-state index contributed by atoms with van der Waals surface area (Å²) < 4.78 is 5.62. The molecule has 0 spiro atoms. The molecule has 0 saturated carbocycles. The number of hydrogen-bond donors (Lipinski definition) is 0. The summed E-state index contributed by atoms with van der Waals surface area (Å²) in [7, 11) is 0. The van der Waals surface area contributed by atoms with Gasteiger partial charge in [-0.15, -0.1) is 0 Å². The second-order valence-electron chi connectivity index (χ2n) is 6.82. The van der Waals surface area contributed by atoms with Crippen molar-refractivity contribution in [3.63, 3.8) is 0 Å². The van der Waals surface area contributed by atoms with Gasteiger partial charge in [0.15, 0.2) is 0 Å². The van der Waals surface area contributed by atoms with Crippen LogP contribution in [0.3, 0.4) is 0 Å². The molecule has 22 heavy (non-hydrogen) atoms. The van der Waals surface area contributed by atoms with Crippen LogP contribution in [0.5, 0.6) is 5.75 Å². The van der Waals surface area contributed by atoms with Crippen LogP contribution in [0.15, 0.2) is 48.5 Å². The van der Waals surface area contributed by atoms with Crippen LogP contribution in [0.25, 0.3) is 0 Å². The van der Waals surface area contributed by atoms with Crippen LogP contribution in [0.4, 0.5) is 0 Å². The quantitative estimate of drug-likeness (QED) is 0.618. The van der Waals surface area contributed by atoms with E-state index in [1.165, 1.54) is 12.0 Å². The maximum absolute atomic E-state index is 5.62. The van der Waals surface area contributed by atoms with Crippen molar-refractivity contribution in [2.75, 3.05) is 0 Å². The van der Waals surface area contributed by atoms with Crippen molar-refractivity contribution in [2.24, 2.45) is 5.92 Å². The highest BCUT2D eigenvalue weighted by Gasteiger charge is 2.26. The first-order chi connectivity index (χ1) is 10.6. The Hall–Kier alpha value is -1.76. The number of rotatable bonds is 0. The normalized spacial score (nSPS) is 28.2. The van der Waals surface area contributed by atoms with Crippen molar-refractivity contribution in [2.45, 2.75) is 52.1 Å². The molecular formula is C21H26O. The SMILES string of the molecule is CC1Cc2ccccc2C1C.CC1Oc2ccccc2C1C. The number of para-hydroxylation sites is 1. The van der Waals surface area contributed by atoms with Crippen LogP contribution >= 0.6 is 0 Å². The van der Waals surface area contributed by atoms with Gasteiger partial charge in [-0.3, -0.25) is 0 Å². The van der Waals surface area contributed by atoms with Gasteiger partial charge in [-0.05, 0) is 42.4 Å². The van der Waals surface area contributed by atoms with Crippen LogP contribution in [-0.2, 0) is 6.42 Å². The number of hydrogen-bond acceptors (Lipinski definition) is 1. The molecule has 2 aromatic carbocycles. The molecule has 2 aromatic rings. The monoisotopic (exact) mass is 294 g/mol. The molecule has 0 bridgehead atoms. The second-order valence-corrected chi connectivity index (χ2v) is 6.82. The highest BCUT2D eigenvalue weighted by molar-refractivity contribution is 5.40. The van der Waals surface area contributed by atoms with Gasteiger partial charge in [0.05, 0.1) is 0 Å². The van der Waals surface area contributed by atoms with Crippen molar-refractivity contribution in [3.05, 3.63) is 65.2 Å². The maximum atomic E-state index is 5.62. The van der Waals surface area contributed by atoms with E-state index < -0.39 is 0 Å². The Morgan fingerprint density at radius 2 is 1.41 bits per heavy atom. The van der Waals surface area contributed by atoms with Crippen LogP contribution < -0.4 is 4.74 Å². The zero-order valence-corrected chi connectivity index (χ0v) is 14.0. The van der Waals surface area contributed by atoms with E-state index in [4.69, 9.17) is 4.74 Å². The fraction of sp³-hybridized carbons (Fsp3) is 0.429.